The van der Waals surface area contributed by atoms with Gasteiger partial charge in [0.25, 0.3) is 0 Å². The van der Waals surface area contributed by atoms with E-state index in [9.17, 15) is 28.8 Å². The molecule has 4 rings (SSSR count). The van der Waals surface area contributed by atoms with Gasteiger partial charge in [-0.15, -0.1) is 0 Å². The number of H-pyrrole nitrogens is 1. The van der Waals surface area contributed by atoms with Gasteiger partial charge in [-0.3, -0.25) is 33.9 Å². The van der Waals surface area contributed by atoms with Gasteiger partial charge < -0.3 is 43.0 Å². The summed E-state index contributed by atoms with van der Waals surface area (Å²) in [6, 6.07) is 10.3. The summed E-state index contributed by atoms with van der Waals surface area (Å²) in [6.45, 7) is 2.80. The van der Waals surface area contributed by atoms with Gasteiger partial charge >= 0.3 is 6.03 Å². The average molecular weight is 800 g/mol. The summed E-state index contributed by atoms with van der Waals surface area (Å²) in [5.74, 6) is 8.65. The Balaban J connectivity index is 1.57. The monoisotopic (exact) mass is 799 g/mol. The van der Waals surface area contributed by atoms with Crippen molar-refractivity contribution in [3.63, 3.8) is 0 Å². The van der Waals surface area contributed by atoms with Crippen molar-refractivity contribution in [2.75, 3.05) is 33.2 Å². The number of nitrogens with two attached hydrogens (primary N) is 3. The predicted octanol–water partition coefficient (Wildman–Crippen LogP) is -0.100. The summed E-state index contributed by atoms with van der Waals surface area (Å²) >= 11 is 0. The number of rotatable bonds is 13. The van der Waals surface area contributed by atoms with E-state index >= 15 is 0 Å². The van der Waals surface area contributed by atoms with Gasteiger partial charge in [0, 0.05) is 29.9 Å². The number of hydrogen-bond donors (Lipinski definition) is 9. The van der Waals surface area contributed by atoms with E-state index in [2.05, 4.69) is 43.4 Å². The molecule has 1 aromatic heterocycles. The number of primary amides is 1. The third-order valence-corrected chi connectivity index (χ3v) is 9.89. The van der Waals surface area contributed by atoms with Gasteiger partial charge in [-0.05, 0) is 82.8 Å². The highest BCUT2D eigenvalue weighted by Crippen LogP contribution is 2.19. The zero-order chi connectivity index (χ0) is 42.0. The number of benzene rings is 2. The lowest BCUT2D eigenvalue weighted by atomic mass is 10.0. The van der Waals surface area contributed by atoms with Crippen LogP contribution >= 0.6 is 0 Å². The van der Waals surface area contributed by atoms with Crippen LogP contribution in [0.25, 0.3) is 10.9 Å². The fourth-order valence-corrected chi connectivity index (χ4v) is 6.50. The van der Waals surface area contributed by atoms with E-state index < -0.39 is 65.8 Å². The highest BCUT2D eigenvalue weighted by atomic mass is 16.2. The van der Waals surface area contributed by atoms with Crippen LogP contribution in [0.4, 0.5) is 4.79 Å². The molecule has 5 atom stereocenters. The first-order valence-corrected chi connectivity index (χ1v) is 19.6. The van der Waals surface area contributed by atoms with Crippen LogP contribution < -0.4 is 43.9 Å². The minimum Gasteiger partial charge on any atom is -0.368 e. The Morgan fingerprint density at radius 2 is 1.62 bits per heavy atom. The second-order valence-electron chi connectivity index (χ2n) is 14.6. The molecule has 1 aliphatic rings. The number of carbonyl (C=O) groups excluding carboxylic acids is 6. The van der Waals surface area contributed by atoms with Crippen LogP contribution in [-0.2, 0) is 36.8 Å². The van der Waals surface area contributed by atoms with E-state index in [1.807, 2.05) is 54.4 Å². The molecule has 58 heavy (non-hydrogen) atoms. The third kappa shape index (κ3) is 13.9. The maximum absolute atomic E-state index is 14.1. The number of para-hydroxylation sites is 1. The van der Waals surface area contributed by atoms with Crippen molar-refractivity contribution in [3.8, 4) is 11.8 Å². The standard InChI is InChI=1S/C41H57N11O6/c1-27-37(54)48-33(38(55)49-34(24-28-14-4-3-5-15-28)40(57)47-32(36(43)53)18-8-10-20-42)19-9-11-21-51(2)22-12-13-23-52(44)41(58)50-35(39(56)46-27)25-29-26-45-31-17-7-6-16-30(29)31/h3-7,14-17,26-27,32-35,45H,8-11,18-25,42,44H2,1-2H3,(H2,43,53)(H,46,56)(H,47,57)(H,48,54)(H,49,55)(H,50,58)/t27-,32-,33?,34+,35?/m0/s1. The van der Waals surface area contributed by atoms with Crippen molar-refractivity contribution in [2.24, 2.45) is 17.3 Å². The molecule has 312 valence electrons. The van der Waals surface area contributed by atoms with Crippen LogP contribution in [0.3, 0.4) is 0 Å². The number of aromatic amines is 1. The van der Waals surface area contributed by atoms with Crippen LogP contribution in [-0.4, -0.2) is 114 Å². The van der Waals surface area contributed by atoms with Crippen molar-refractivity contribution in [1.82, 2.24) is 41.5 Å². The Labute approximate surface area is 338 Å². The average Bonchev–Trinajstić information content (AvgIpc) is 3.61. The minimum atomic E-state index is -1.15. The van der Waals surface area contributed by atoms with Gasteiger partial charge in [0.1, 0.15) is 30.2 Å². The topological polar surface area (TPSA) is 263 Å². The normalized spacial score (nSPS) is 20.1. The fraction of sp³-hybridized carbons (Fsp3) is 0.463. The van der Waals surface area contributed by atoms with E-state index in [1.54, 1.807) is 18.3 Å². The molecule has 2 aromatic carbocycles. The maximum Gasteiger partial charge on any atom is 0.333 e. The molecular weight excluding hydrogens is 743 g/mol. The van der Waals surface area contributed by atoms with E-state index in [-0.39, 0.29) is 32.2 Å². The number of nitrogens with zero attached hydrogens (tertiary/aromatic N) is 2. The van der Waals surface area contributed by atoms with E-state index in [0.29, 0.717) is 45.3 Å². The van der Waals surface area contributed by atoms with Crippen LogP contribution in [0.15, 0.2) is 60.8 Å². The van der Waals surface area contributed by atoms with Crippen molar-refractivity contribution in [2.45, 2.75) is 88.5 Å². The molecule has 0 aliphatic carbocycles. The summed E-state index contributed by atoms with van der Waals surface area (Å²) in [5, 5.41) is 15.4. The molecule has 0 bridgehead atoms. The Kier molecular flexibility index (Phi) is 17.5. The second-order valence-corrected chi connectivity index (χ2v) is 14.6. The van der Waals surface area contributed by atoms with E-state index in [0.717, 1.165) is 27.0 Å². The highest BCUT2D eigenvalue weighted by molar-refractivity contribution is 5.96. The number of unbranched alkanes of at least 4 members (excludes halogenated alkanes) is 1. The predicted molar refractivity (Wildman–Crippen MR) is 220 cm³/mol. The molecule has 2 unspecified atom stereocenters. The molecule has 17 heteroatoms. The Bertz CT molecular complexity index is 1930. The molecule has 0 radical (unpaired) electrons. The molecule has 0 fully saturated rings. The largest absolute Gasteiger partial charge is 0.368 e. The molecule has 1 aliphatic heterocycles. The number of fused-ring (bicyclic) bond motifs is 1. The summed E-state index contributed by atoms with van der Waals surface area (Å²) in [6.07, 6.45) is 4.76. The summed E-state index contributed by atoms with van der Waals surface area (Å²) in [4.78, 5) is 86.0. The number of hydrazine groups is 1. The van der Waals surface area contributed by atoms with Crippen molar-refractivity contribution >= 4 is 46.5 Å². The van der Waals surface area contributed by atoms with Crippen LogP contribution in [0.1, 0.15) is 56.6 Å². The number of aromatic nitrogens is 1. The lowest BCUT2D eigenvalue weighted by Gasteiger charge is -2.26. The Morgan fingerprint density at radius 1 is 0.897 bits per heavy atom. The minimum absolute atomic E-state index is 0.0692. The van der Waals surface area contributed by atoms with Gasteiger partial charge in [-0.1, -0.05) is 60.4 Å². The third-order valence-electron chi connectivity index (χ3n) is 9.89. The van der Waals surface area contributed by atoms with Crippen molar-refractivity contribution in [1.29, 1.82) is 0 Å². The first-order chi connectivity index (χ1) is 27.9. The second kappa shape index (κ2) is 22.7. The Morgan fingerprint density at radius 3 is 2.36 bits per heavy atom. The molecule has 0 spiro atoms. The van der Waals surface area contributed by atoms with E-state index in [4.69, 9.17) is 17.3 Å². The zero-order valence-corrected chi connectivity index (χ0v) is 33.2. The van der Waals surface area contributed by atoms with Gasteiger partial charge in [-0.2, -0.15) is 0 Å². The van der Waals surface area contributed by atoms with Crippen LogP contribution in [0.5, 0.6) is 0 Å². The van der Waals surface area contributed by atoms with Gasteiger partial charge in [0.2, 0.25) is 29.5 Å². The van der Waals surface area contributed by atoms with Gasteiger partial charge in [0.15, 0.2) is 0 Å². The number of hydrogen-bond acceptors (Lipinski definition) is 9. The molecule has 2 heterocycles. The highest BCUT2D eigenvalue weighted by Gasteiger charge is 2.32. The van der Waals surface area contributed by atoms with Gasteiger partial charge in [-0.25, -0.2) is 10.6 Å². The molecule has 3 aromatic rings. The maximum atomic E-state index is 14.1. The van der Waals surface area contributed by atoms with E-state index in [1.165, 1.54) is 6.92 Å². The number of urea groups is 1. The summed E-state index contributed by atoms with van der Waals surface area (Å²) in [7, 11) is 1.88. The molecular formula is C41H57N11O6. The molecule has 17 nitrogen and oxygen atoms in total. The van der Waals surface area contributed by atoms with Crippen molar-refractivity contribution < 1.29 is 28.8 Å². The molecule has 7 amide bonds. The summed E-state index contributed by atoms with van der Waals surface area (Å²) in [5.41, 5.74) is 13.6. The number of nitrogens with one attached hydrogen (secondary N) is 6. The number of amides is 7. The molecule has 0 saturated carbocycles. The van der Waals surface area contributed by atoms with Crippen LogP contribution in [0, 0.1) is 11.8 Å². The Hall–Kier alpha value is -5.96. The first-order valence-electron chi connectivity index (χ1n) is 19.6. The zero-order valence-electron chi connectivity index (χ0n) is 33.2. The van der Waals surface area contributed by atoms with Crippen LogP contribution in [0.2, 0.25) is 0 Å². The lowest BCUT2D eigenvalue weighted by molar-refractivity contribution is -0.134. The molecule has 12 N–H and O–H groups in total. The van der Waals surface area contributed by atoms with Gasteiger partial charge in [0.05, 0.1) is 13.1 Å². The fourth-order valence-electron chi connectivity index (χ4n) is 6.50. The number of carbonyl (C=O) groups is 6. The van der Waals surface area contributed by atoms with Crippen molar-refractivity contribution in [3.05, 3.63) is 71.9 Å². The SMILES string of the molecule is C[C@@H]1NC(=O)C(Cc2c[nH]c3ccccc23)NC(=O)N(N)CC#CCN(C)CCCCC(C(=O)N[C@H](Cc2ccccc2)C(=O)N[C@@H](CCCCN)C(N)=O)NC1=O. The smallest absolute Gasteiger partial charge is 0.333 e. The quantitative estimate of drug-likeness (QED) is 0.0483. The summed E-state index contributed by atoms with van der Waals surface area (Å²) < 4.78 is 0. The lowest BCUT2D eigenvalue weighted by Crippen LogP contribution is -2.59. The molecule has 0 saturated heterocycles. The first kappa shape index (κ1) is 44.8.